The Balaban J connectivity index is 1.84. The maximum Gasteiger partial charge on any atom is 0.394 e. The number of rotatable bonds is 4. The summed E-state index contributed by atoms with van der Waals surface area (Å²) in [4.78, 5) is 8.35. The van der Waals surface area contributed by atoms with Crippen molar-refractivity contribution in [3.63, 3.8) is 0 Å². The second-order valence-corrected chi connectivity index (χ2v) is 5.76. The number of fused-ring (bicyclic) bond motifs is 1. The maximum absolute atomic E-state index is 12.8. The van der Waals surface area contributed by atoms with Crippen LogP contribution in [0.4, 0.5) is 13.2 Å². The van der Waals surface area contributed by atoms with Gasteiger partial charge in [0.05, 0.1) is 24.1 Å². The van der Waals surface area contributed by atoms with Crippen LogP contribution in [0.2, 0.25) is 0 Å². The molecule has 1 N–H and O–H groups in total. The molecule has 0 amide bonds. The molecule has 0 spiro atoms. The van der Waals surface area contributed by atoms with Crippen molar-refractivity contribution in [3.05, 3.63) is 30.0 Å². The molecule has 1 aromatic heterocycles. The Kier molecular flexibility index (Phi) is 4.66. The number of hydrogen-bond acceptors (Lipinski definition) is 4. The number of para-hydroxylation sites is 2. The Morgan fingerprint density at radius 1 is 1.09 bits per heavy atom. The lowest BCUT2D eigenvalue weighted by Crippen LogP contribution is -2.30. The third-order valence-electron chi connectivity index (χ3n) is 3.89. The summed E-state index contributed by atoms with van der Waals surface area (Å²) in [5.41, 5.74) is 0.838. The standard InChI is InChI=1S/C16H18F3N3O/c17-16(18,19)9-14-15(23-10-11-5-7-20-8-6-11)22-13-4-2-1-3-12(13)21-14/h1-4,11,20H,5-10H2. The average molecular weight is 325 g/mol. The van der Waals surface area contributed by atoms with Gasteiger partial charge in [-0.1, -0.05) is 12.1 Å². The van der Waals surface area contributed by atoms with E-state index >= 15 is 0 Å². The van der Waals surface area contributed by atoms with E-state index in [1.54, 1.807) is 24.3 Å². The van der Waals surface area contributed by atoms with Crippen molar-refractivity contribution in [1.82, 2.24) is 15.3 Å². The number of aromatic nitrogens is 2. The fourth-order valence-corrected chi connectivity index (χ4v) is 2.69. The molecule has 1 aliphatic heterocycles. The highest BCUT2D eigenvalue weighted by Gasteiger charge is 2.31. The van der Waals surface area contributed by atoms with Crippen molar-refractivity contribution < 1.29 is 17.9 Å². The second-order valence-electron chi connectivity index (χ2n) is 5.76. The molecule has 0 bridgehead atoms. The summed E-state index contributed by atoms with van der Waals surface area (Å²) < 4.78 is 44.0. The highest BCUT2D eigenvalue weighted by atomic mass is 19.4. The first-order valence-electron chi connectivity index (χ1n) is 7.67. The van der Waals surface area contributed by atoms with Gasteiger partial charge in [-0.2, -0.15) is 13.2 Å². The van der Waals surface area contributed by atoms with E-state index in [0.29, 0.717) is 23.6 Å². The predicted octanol–water partition coefficient (Wildman–Crippen LogP) is 3.11. The number of piperidine rings is 1. The largest absolute Gasteiger partial charge is 0.476 e. The monoisotopic (exact) mass is 325 g/mol. The van der Waals surface area contributed by atoms with Gasteiger partial charge in [-0.05, 0) is 44.0 Å². The molecule has 0 aliphatic carbocycles. The van der Waals surface area contributed by atoms with Gasteiger partial charge in [-0.25, -0.2) is 9.97 Å². The minimum Gasteiger partial charge on any atom is -0.476 e. The van der Waals surface area contributed by atoms with Gasteiger partial charge < -0.3 is 10.1 Å². The molecule has 4 nitrogen and oxygen atoms in total. The summed E-state index contributed by atoms with van der Waals surface area (Å²) in [6.45, 7) is 2.19. The summed E-state index contributed by atoms with van der Waals surface area (Å²) in [7, 11) is 0. The SMILES string of the molecule is FC(F)(F)Cc1nc2ccccc2nc1OCC1CCNCC1. The zero-order valence-corrected chi connectivity index (χ0v) is 12.6. The molecule has 3 rings (SSSR count). The molecule has 1 aromatic carbocycles. The van der Waals surface area contributed by atoms with Crippen LogP contribution < -0.4 is 10.1 Å². The van der Waals surface area contributed by atoms with Crippen LogP contribution in [-0.2, 0) is 6.42 Å². The van der Waals surface area contributed by atoms with Gasteiger partial charge in [-0.3, -0.25) is 0 Å². The Bertz CT molecular complexity index is 669. The molecule has 2 heterocycles. The van der Waals surface area contributed by atoms with Crippen molar-refractivity contribution in [3.8, 4) is 5.88 Å². The minimum absolute atomic E-state index is 0.000410. The van der Waals surface area contributed by atoms with E-state index in [-0.39, 0.29) is 11.6 Å². The molecule has 1 aliphatic rings. The number of benzene rings is 1. The lowest BCUT2D eigenvalue weighted by atomic mass is 9.99. The highest BCUT2D eigenvalue weighted by molar-refractivity contribution is 5.74. The van der Waals surface area contributed by atoms with E-state index in [0.717, 1.165) is 25.9 Å². The Labute approximate surface area is 132 Å². The summed E-state index contributed by atoms with van der Waals surface area (Å²) in [6, 6.07) is 6.87. The predicted molar refractivity (Wildman–Crippen MR) is 80.4 cm³/mol. The van der Waals surface area contributed by atoms with Crippen LogP contribution in [-0.4, -0.2) is 35.8 Å². The Hall–Kier alpha value is -1.89. The molecule has 1 saturated heterocycles. The van der Waals surface area contributed by atoms with Crippen molar-refractivity contribution in [2.24, 2.45) is 5.92 Å². The van der Waals surface area contributed by atoms with E-state index < -0.39 is 12.6 Å². The van der Waals surface area contributed by atoms with E-state index in [2.05, 4.69) is 15.3 Å². The van der Waals surface area contributed by atoms with Gasteiger partial charge in [0.1, 0.15) is 5.69 Å². The van der Waals surface area contributed by atoms with Crippen LogP contribution in [0.25, 0.3) is 11.0 Å². The van der Waals surface area contributed by atoms with Crippen LogP contribution >= 0.6 is 0 Å². The maximum atomic E-state index is 12.8. The van der Waals surface area contributed by atoms with E-state index in [9.17, 15) is 13.2 Å². The Morgan fingerprint density at radius 2 is 1.74 bits per heavy atom. The number of nitrogens with zero attached hydrogens (tertiary/aromatic N) is 2. The number of halogens is 3. The first kappa shape index (κ1) is 16.0. The molecule has 0 atom stereocenters. The van der Waals surface area contributed by atoms with E-state index in [1.165, 1.54) is 0 Å². The van der Waals surface area contributed by atoms with Gasteiger partial charge in [0.2, 0.25) is 5.88 Å². The molecule has 0 saturated carbocycles. The summed E-state index contributed by atoms with van der Waals surface area (Å²) in [6.07, 6.45) is -3.57. The first-order chi connectivity index (χ1) is 11.0. The van der Waals surface area contributed by atoms with Gasteiger partial charge in [0, 0.05) is 0 Å². The number of nitrogens with one attached hydrogen (secondary N) is 1. The number of alkyl halides is 3. The van der Waals surface area contributed by atoms with E-state index in [4.69, 9.17) is 4.74 Å². The fraction of sp³-hybridized carbons (Fsp3) is 0.500. The molecule has 1 fully saturated rings. The fourth-order valence-electron chi connectivity index (χ4n) is 2.69. The van der Waals surface area contributed by atoms with Crippen LogP contribution in [0.15, 0.2) is 24.3 Å². The quantitative estimate of drug-likeness (QED) is 0.938. The normalized spacial score (nSPS) is 16.7. The van der Waals surface area contributed by atoms with Gasteiger partial charge in [-0.15, -0.1) is 0 Å². The van der Waals surface area contributed by atoms with Crippen LogP contribution in [0.5, 0.6) is 5.88 Å². The highest BCUT2D eigenvalue weighted by Crippen LogP contribution is 2.27. The van der Waals surface area contributed by atoms with E-state index in [1.807, 2.05) is 0 Å². The first-order valence-corrected chi connectivity index (χ1v) is 7.67. The average Bonchev–Trinajstić information content (AvgIpc) is 2.52. The van der Waals surface area contributed by atoms with Crippen molar-refractivity contribution in [1.29, 1.82) is 0 Å². The molecular formula is C16H18F3N3O. The van der Waals surface area contributed by atoms with Gasteiger partial charge in [0.15, 0.2) is 0 Å². The van der Waals surface area contributed by atoms with Gasteiger partial charge in [0.25, 0.3) is 0 Å². The lowest BCUT2D eigenvalue weighted by molar-refractivity contribution is -0.128. The van der Waals surface area contributed by atoms with Crippen LogP contribution in [0, 0.1) is 5.92 Å². The van der Waals surface area contributed by atoms with Crippen LogP contribution in [0.1, 0.15) is 18.5 Å². The van der Waals surface area contributed by atoms with Gasteiger partial charge >= 0.3 is 6.18 Å². The number of ether oxygens (including phenoxy) is 1. The minimum atomic E-state index is -4.34. The summed E-state index contributed by atoms with van der Waals surface area (Å²) in [5, 5.41) is 3.25. The molecule has 23 heavy (non-hydrogen) atoms. The zero-order valence-electron chi connectivity index (χ0n) is 12.6. The van der Waals surface area contributed by atoms with Crippen molar-refractivity contribution >= 4 is 11.0 Å². The zero-order chi connectivity index (χ0) is 16.3. The summed E-state index contributed by atoms with van der Waals surface area (Å²) in [5.74, 6) is 0.336. The molecule has 124 valence electrons. The molecule has 7 heteroatoms. The number of hydrogen-bond donors (Lipinski definition) is 1. The Morgan fingerprint density at radius 3 is 2.39 bits per heavy atom. The van der Waals surface area contributed by atoms with Crippen LogP contribution in [0.3, 0.4) is 0 Å². The van der Waals surface area contributed by atoms with Crippen molar-refractivity contribution in [2.75, 3.05) is 19.7 Å². The summed E-state index contributed by atoms with van der Waals surface area (Å²) >= 11 is 0. The third kappa shape index (κ3) is 4.31. The van der Waals surface area contributed by atoms with Crippen molar-refractivity contribution in [2.45, 2.75) is 25.4 Å². The second kappa shape index (κ2) is 6.70. The lowest BCUT2D eigenvalue weighted by Gasteiger charge is -2.23. The molecule has 0 radical (unpaired) electrons. The third-order valence-corrected chi connectivity index (χ3v) is 3.89. The molecule has 0 unspecified atom stereocenters. The topological polar surface area (TPSA) is 47.0 Å². The molecule has 2 aromatic rings. The smallest absolute Gasteiger partial charge is 0.394 e. The molecular weight excluding hydrogens is 307 g/mol.